The van der Waals surface area contributed by atoms with Crippen LogP contribution in [0.4, 0.5) is 24.5 Å². The van der Waals surface area contributed by atoms with Crippen molar-refractivity contribution in [1.82, 2.24) is 0 Å². The Morgan fingerprint density at radius 1 is 1.40 bits per heavy atom. The molecule has 0 saturated carbocycles. The molecule has 0 aliphatic carbocycles. The minimum atomic E-state index is -4.42. The number of halogens is 3. The van der Waals surface area contributed by atoms with E-state index >= 15 is 0 Å². The SMILES string of the molecule is CCCNc1c(COCC(F)(F)F)cccc1[N+](=O)[O-]. The van der Waals surface area contributed by atoms with Gasteiger partial charge in [-0.1, -0.05) is 19.1 Å². The Hall–Kier alpha value is -1.83. The van der Waals surface area contributed by atoms with Crippen molar-refractivity contribution in [2.24, 2.45) is 0 Å². The Morgan fingerprint density at radius 2 is 2.10 bits per heavy atom. The van der Waals surface area contributed by atoms with Gasteiger partial charge in [0.2, 0.25) is 0 Å². The van der Waals surface area contributed by atoms with Crippen LogP contribution in [0.15, 0.2) is 18.2 Å². The Kier molecular flexibility index (Phi) is 5.75. The molecule has 0 unspecified atom stereocenters. The molecule has 8 heteroatoms. The first-order chi connectivity index (χ1) is 9.35. The van der Waals surface area contributed by atoms with Crippen molar-refractivity contribution in [3.63, 3.8) is 0 Å². The van der Waals surface area contributed by atoms with Gasteiger partial charge < -0.3 is 10.1 Å². The third-order valence-corrected chi connectivity index (χ3v) is 2.40. The van der Waals surface area contributed by atoms with E-state index in [1.807, 2.05) is 6.92 Å². The number of nitro benzene ring substituents is 1. The third-order valence-electron chi connectivity index (χ3n) is 2.40. The zero-order valence-corrected chi connectivity index (χ0v) is 10.9. The first-order valence-corrected chi connectivity index (χ1v) is 5.99. The minimum absolute atomic E-state index is 0.174. The fourth-order valence-electron chi connectivity index (χ4n) is 1.59. The highest BCUT2D eigenvalue weighted by Gasteiger charge is 2.27. The average Bonchev–Trinajstić information content (AvgIpc) is 2.35. The highest BCUT2D eigenvalue weighted by atomic mass is 19.4. The first kappa shape index (κ1) is 16.2. The van der Waals surface area contributed by atoms with Crippen molar-refractivity contribution in [3.05, 3.63) is 33.9 Å². The van der Waals surface area contributed by atoms with Crippen LogP contribution in [0.5, 0.6) is 0 Å². The van der Waals surface area contributed by atoms with Crippen molar-refractivity contribution in [2.45, 2.75) is 26.1 Å². The maximum Gasteiger partial charge on any atom is 0.411 e. The van der Waals surface area contributed by atoms with Crippen molar-refractivity contribution in [1.29, 1.82) is 0 Å². The smallest absolute Gasteiger partial charge is 0.379 e. The second-order valence-corrected chi connectivity index (χ2v) is 4.10. The van der Waals surface area contributed by atoms with Crippen LogP contribution in [0.25, 0.3) is 0 Å². The van der Waals surface area contributed by atoms with Crippen LogP contribution in [0.2, 0.25) is 0 Å². The summed E-state index contributed by atoms with van der Waals surface area (Å²) in [5.74, 6) is 0. The molecule has 0 amide bonds. The summed E-state index contributed by atoms with van der Waals surface area (Å²) in [7, 11) is 0. The van der Waals surface area contributed by atoms with Gasteiger partial charge in [-0.25, -0.2) is 0 Å². The van der Waals surface area contributed by atoms with Crippen molar-refractivity contribution < 1.29 is 22.8 Å². The average molecular weight is 292 g/mol. The van der Waals surface area contributed by atoms with E-state index in [4.69, 9.17) is 0 Å². The molecule has 0 aliphatic heterocycles. The van der Waals surface area contributed by atoms with Gasteiger partial charge in [-0.2, -0.15) is 13.2 Å². The van der Waals surface area contributed by atoms with E-state index in [-0.39, 0.29) is 18.0 Å². The second kappa shape index (κ2) is 7.09. The maximum absolute atomic E-state index is 12.0. The normalized spacial score (nSPS) is 11.4. The molecular formula is C12H15F3N2O3. The number of alkyl halides is 3. The Labute approximate surface area is 113 Å². The highest BCUT2D eigenvalue weighted by Crippen LogP contribution is 2.29. The molecule has 0 heterocycles. The molecule has 0 atom stereocenters. The van der Waals surface area contributed by atoms with Crippen molar-refractivity contribution >= 4 is 11.4 Å². The topological polar surface area (TPSA) is 64.4 Å². The monoisotopic (exact) mass is 292 g/mol. The number of anilines is 1. The molecule has 0 aromatic heterocycles. The van der Waals surface area contributed by atoms with Crippen molar-refractivity contribution in [3.8, 4) is 0 Å². The molecule has 1 aromatic carbocycles. The lowest BCUT2D eigenvalue weighted by Gasteiger charge is -2.13. The number of nitro groups is 1. The lowest BCUT2D eigenvalue weighted by atomic mass is 10.1. The van der Waals surface area contributed by atoms with Crippen LogP contribution in [0.3, 0.4) is 0 Å². The summed E-state index contributed by atoms with van der Waals surface area (Å²) in [5, 5.41) is 13.8. The Balaban J connectivity index is 2.87. The molecule has 5 nitrogen and oxygen atoms in total. The van der Waals surface area contributed by atoms with Crippen LogP contribution in [0, 0.1) is 10.1 Å². The van der Waals surface area contributed by atoms with Gasteiger partial charge in [-0.15, -0.1) is 0 Å². The molecule has 112 valence electrons. The zero-order valence-electron chi connectivity index (χ0n) is 10.9. The van der Waals surface area contributed by atoms with Crippen LogP contribution in [0.1, 0.15) is 18.9 Å². The van der Waals surface area contributed by atoms with E-state index in [0.717, 1.165) is 6.42 Å². The lowest BCUT2D eigenvalue weighted by Crippen LogP contribution is -2.17. The minimum Gasteiger partial charge on any atom is -0.379 e. The number of hydrogen-bond donors (Lipinski definition) is 1. The molecule has 1 N–H and O–H groups in total. The van der Waals surface area contributed by atoms with Gasteiger partial charge in [0.15, 0.2) is 0 Å². The van der Waals surface area contributed by atoms with Crippen molar-refractivity contribution in [2.75, 3.05) is 18.5 Å². The molecule has 1 rings (SSSR count). The van der Waals surface area contributed by atoms with Crippen LogP contribution < -0.4 is 5.32 Å². The first-order valence-electron chi connectivity index (χ1n) is 5.99. The third kappa shape index (κ3) is 5.04. The van der Waals surface area contributed by atoms with E-state index in [1.54, 1.807) is 0 Å². The fraction of sp³-hybridized carbons (Fsp3) is 0.500. The van der Waals surface area contributed by atoms with Gasteiger partial charge in [0.1, 0.15) is 12.3 Å². The van der Waals surface area contributed by atoms with E-state index in [2.05, 4.69) is 10.1 Å². The number of para-hydroxylation sites is 1. The summed E-state index contributed by atoms with van der Waals surface area (Å²) in [6, 6.07) is 4.22. The highest BCUT2D eigenvalue weighted by molar-refractivity contribution is 5.66. The molecule has 0 fully saturated rings. The molecule has 0 bridgehead atoms. The Bertz CT molecular complexity index is 464. The number of rotatable bonds is 7. The molecule has 1 aromatic rings. The standard InChI is InChI=1S/C12H15F3N2O3/c1-2-6-16-11-9(7-20-8-12(13,14)15)4-3-5-10(11)17(18)19/h3-5,16H,2,6-8H2,1H3. The maximum atomic E-state index is 12.0. The van der Waals surface area contributed by atoms with E-state index in [0.29, 0.717) is 12.1 Å². The van der Waals surface area contributed by atoms with Gasteiger partial charge >= 0.3 is 6.18 Å². The predicted molar refractivity (Wildman–Crippen MR) is 67.6 cm³/mol. The summed E-state index contributed by atoms with van der Waals surface area (Å²) in [6.07, 6.45) is -3.69. The van der Waals surface area contributed by atoms with Crippen LogP contribution in [-0.2, 0) is 11.3 Å². The summed E-state index contributed by atoms with van der Waals surface area (Å²) in [5.41, 5.74) is 0.366. The summed E-state index contributed by atoms with van der Waals surface area (Å²) in [4.78, 5) is 10.3. The number of nitrogens with zero attached hydrogens (tertiary/aromatic N) is 1. The van der Waals surface area contributed by atoms with Gasteiger partial charge in [0.25, 0.3) is 5.69 Å². The quantitative estimate of drug-likeness (QED) is 0.617. The van der Waals surface area contributed by atoms with E-state index in [1.165, 1.54) is 18.2 Å². The second-order valence-electron chi connectivity index (χ2n) is 4.10. The fourth-order valence-corrected chi connectivity index (χ4v) is 1.59. The molecule has 0 aliphatic rings. The molecule has 0 saturated heterocycles. The predicted octanol–water partition coefficient (Wildman–Crippen LogP) is 3.50. The van der Waals surface area contributed by atoms with Gasteiger partial charge in [0, 0.05) is 18.2 Å². The van der Waals surface area contributed by atoms with Gasteiger partial charge in [-0.05, 0) is 6.42 Å². The van der Waals surface area contributed by atoms with E-state index in [9.17, 15) is 23.3 Å². The lowest BCUT2D eigenvalue weighted by molar-refractivity contribution is -0.384. The van der Waals surface area contributed by atoms with Crippen LogP contribution >= 0.6 is 0 Å². The van der Waals surface area contributed by atoms with Gasteiger partial charge in [0.05, 0.1) is 11.5 Å². The number of nitrogens with one attached hydrogen (secondary N) is 1. The molecular weight excluding hydrogens is 277 g/mol. The molecule has 20 heavy (non-hydrogen) atoms. The van der Waals surface area contributed by atoms with E-state index < -0.39 is 17.7 Å². The largest absolute Gasteiger partial charge is 0.411 e. The number of ether oxygens (including phenoxy) is 1. The van der Waals surface area contributed by atoms with Gasteiger partial charge in [-0.3, -0.25) is 10.1 Å². The molecule has 0 spiro atoms. The zero-order chi connectivity index (χ0) is 15.2. The number of hydrogen-bond acceptors (Lipinski definition) is 4. The Morgan fingerprint density at radius 3 is 2.65 bits per heavy atom. The number of benzene rings is 1. The molecule has 0 radical (unpaired) electrons. The summed E-state index contributed by atoms with van der Waals surface area (Å²) in [6.45, 7) is 0.634. The summed E-state index contributed by atoms with van der Waals surface area (Å²) >= 11 is 0. The van der Waals surface area contributed by atoms with Crippen LogP contribution in [-0.4, -0.2) is 24.3 Å². The summed E-state index contributed by atoms with van der Waals surface area (Å²) < 4.78 is 40.6.